The van der Waals surface area contributed by atoms with Gasteiger partial charge in [-0.25, -0.2) is 0 Å². The zero-order valence-corrected chi connectivity index (χ0v) is 14.7. The average molecular weight is 354 g/mol. The number of hydrogen-bond acceptors (Lipinski definition) is 5. The molecule has 5 nitrogen and oxygen atoms in total. The molecule has 0 aliphatic heterocycles. The lowest BCUT2D eigenvalue weighted by molar-refractivity contribution is -0.146. The number of carbonyl (C=O) groups is 1. The van der Waals surface area contributed by atoms with E-state index in [1.54, 1.807) is 38.5 Å². The molecular weight excluding hydrogens is 330 g/mol. The van der Waals surface area contributed by atoms with Gasteiger partial charge in [-0.3, -0.25) is 4.79 Å². The van der Waals surface area contributed by atoms with Gasteiger partial charge in [0.2, 0.25) is 0 Å². The Morgan fingerprint density at radius 2 is 1.58 bits per heavy atom. The molecule has 1 atom stereocenters. The van der Waals surface area contributed by atoms with Crippen molar-refractivity contribution in [1.82, 2.24) is 0 Å². The third-order valence-electron chi connectivity index (χ3n) is 2.92. The number of nitrogens with two attached hydrogens (primary N) is 1. The van der Waals surface area contributed by atoms with E-state index in [9.17, 15) is 9.90 Å². The molecule has 0 saturated carbocycles. The molecular formula is C18H24ClNO4. The Hall–Kier alpha value is -2.08. The quantitative estimate of drug-likeness (QED) is 0.808. The molecule has 0 aliphatic rings. The van der Waals surface area contributed by atoms with Gasteiger partial charge in [-0.15, -0.1) is 12.4 Å². The Bertz CT molecular complexity index is 575. The highest BCUT2D eigenvalue weighted by atomic mass is 35.5. The minimum Gasteiger partial charge on any atom is -0.508 e. The number of ether oxygens (including phenoxy) is 2. The Balaban J connectivity index is 0.00000123. The molecule has 2 aromatic rings. The molecule has 0 aromatic heterocycles. The van der Waals surface area contributed by atoms with E-state index in [1.807, 2.05) is 30.3 Å². The molecule has 2 aromatic carbocycles. The summed E-state index contributed by atoms with van der Waals surface area (Å²) in [7, 11) is 3.25. The first-order valence-electron chi connectivity index (χ1n) is 7.21. The molecule has 0 radical (unpaired) electrons. The van der Waals surface area contributed by atoms with Crippen molar-refractivity contribution in [3.8, 4) is 5.75 Å². The van der Waals surface area contributed by atoms with E-state index in [-0.39, 0.29) is 24.8 Å². The summed E-state index contributed by atoms with van der Waals surface area (Å²) in [6.07, 6.45) is 0.383. The van der Waals surface area contributed by atoms with Gasteiger partial charge in [-0.05, 0) is 29.7 Å². The molecule has 0 fully saturated rings. The van der Waals surface area contributed by atoms with Crippen molar-refractivity contribution < 1.29 is 19.4 Å². The zero-order chi connectivity index (χ0) is 17.1. The number of hydrogen-bond donors (Lipinski definition) is 2. The molecule has 0 spiro atoms. The standard InChI is InChI=1S/C16H17NO3.C2H6O.ClH/c17-15(10-12-6-8-14(18)9-7-12)16(19)20-11-13-4-2-1-3-5-13;1-3-2;/h1-9,15,18H,10-11,17H2;1-2H3;1H/t15-;;/m0../s1. The second-order valence-corrected chi connectivity index (χ2v) is 4.98. The van der Waals surface area contributed by atoms with Gasteiger partial charge in [0.25, 0.3) is 0 Å². The van der Waals surface area contributed by atoms with Crippen LogP contribution in [0, 0.1) is 0 Å². The molecule has 6 heteroatoms. The van der Waals surface area contributed by atoms with Gasteiger partial charge < -0.3 is 20.3 Å². The van der Waals surface area contributed by atoms with Crippen LogP contribution in [0.3, 0.4) is 0 Å². The molecule has 0 saturated heterocycles. The summed E-state index contributed by atoms with van der Waals surface area (Å²) in [5.74, 6) is -0.240. The van der Waals surface area contributed by atoms with Gasteiger partial charge in [0.15, 0.2) is 0 Å². The lowest BCUT2D eigenvalue weighted by Gasteiger charge is -2.11. The van der Waals surface area contributed by atoms with Crippen LogP contribution in [0.5, 0.6) is 5.75 Å². The molecule has 132 valence electrons. The molecule has 24 heavy (non-hydrogen) atoms. The topological polar surface area (TPSA) is 81.8 Å². The van der Waals surface area contributed by atoms with Crippen LogP contribution in [0.4, 0.5) is 0 Å². The van der Waals surface area contributed by atoms with E-state index in [1.165, 1.54) is 0 Å². The van der Waals surface area contributed by atoms with Crippen molar-refractivity contribution in [1.29, 1.82) is 0 Å². The maximum atomic E-state index is 11.8. The first-order chi connectivity index (χ1) is 11.1. The second kappa shape index (κ2) is 12.4. The van der Waals surface area contributed by atoms with E-state index >= 15 is 0 Å². The van der Waals surface area contributed by atoms with Crippen LogP contribution in [0.2, 0.25) is 0 Å². The highest BCUT2D eigenvalue weighted by Gasteiger charge is 2.15. The lowest BCUT2D eigenvalue weighted by atomic mass is 10.1. The number of methoxy groups -OCH3 is 1. The average Bonchev–Trinajstić information content (AvgIpc) is 2.56. The molecule has 3 N–H and O–H groups in total. The zero-order valence-electron chi connectivity index (χ0n) is 13.8. The van der Waals surface area contributed by atoms with Crippen molar-refractivity contribution in [3.63, 3.8) is 0 Å². The van der Waals surface area contributed by atoms with E-state index < -0.39 is 12.0 Å². The Morgan fingerprint density at radius 3 is 2.12 bits per heavy atom. The molecule has 2 rings (SSSR count). The molecule has 0 heterocycles. The first kappa shape index (κ1) is 21.9. The predicted octanol–water partition coefficient (Wildman–Crippen LogP) is 2.69. The third kappa shape index (κ3) is 8.53. The number of aromatic hydroxyl groups is 1. The number of phenols is 1. The molecule has 0 aliphatic carbocycles. The van der Waals surface area contributed by atoms with Crippen molar-refractivity contribution in [2.45, 2.75) is 19.1 Å². The number of carbonyl (C=O) groups excluding carboxylic acids is 1. The number of benzene rings is 2. The summed E-state index contributed by atoms with van der Waals surface area (Å²) in [6, 6.07) is 15.4. The van der Waals surface area contributed by atoms with Crippen molar-refractivity contribution in [3.05, 3.63) is 65.7 Å². The van der Waals surface area contributed by atoms with Gasteiger partial charge >= 0.3 is 5.97 Å². The fourth-order valence-corrected chi connectivity index (χ4v) is 1.81. The van der Waals surface area contributed by atoms with Crippen LogP contribution in [0.1, 0.15) is 11.1 Å². The van der Waals surface area contributed by atoms with E-state index in [2.05, 4.69) is 4.74 Å². The summed E-state index contributed by atoms with van der Waals surface area (Å²) in [4.78, 5) is 11.8. The summed E-state index contributed by atoms with van der Waals surface area (Å²) < 4.78 is 9.42. The van der Waals surface area contributed by atoms with Crippen LogP contribution in [0.25, 0.3) is 0 Å². The lowest BCUT2D eigenvalue weighted by Crippen LogP contribution is -2.34. The van der Waals surface area contributed by atoms with Gasteiger partial charge in [-0.2, -0.15) is 0 Å². The van der Waals surface area contributed by atoms with Gasteiger partial charge in [0.1, 0.15) is 18.4 Å². The fraction of sp³-hybridized carbons (Fsp3) is 0.278. The Kier molecular flexibility index (Phi) is 11.3. The van der Waals surface area contributed by atoms with Crippen molar-refractivity contribution in [2.75, 3.05) is 14.2 Å². The molecule has 0 bridgehead atoms. The second-order valence-electron chi connectivity index (χ2n) is 4.98. The maximum absolute atomic E-state index is 11.8. The number of phenolic OH excluding ortho intramolecular Hbond substituents is 1. The van der Waals surface area contributed by atoms with Crippen LogP contribution >= 0.6 is 12.4 Å². The van der Waals surface area contributed by atoms with Crippen LogP contribution in [-0.2, 0) is 27.3 Å². The van der Waals surface area contributed by atoms with Crippen molar-refractivity contribution in [2.24, 2.45) is 5.73 Å². The highest BCUT2D eigenvalue weighted by molar-refractivity contribution is 5.85. The first-order valence-corrected chi connectivity index (χ1v) is 7.21. The number of esters is 1. The monoisotopic (exact) mass is 353 g/mol. The number of rotatable bonds is 5. The van der Waals surface area contributed by atoms with Crippen molar-refractivity contribution >= 4 is 18.4 Å². The van der Waals surface area contributed by atoms with Gasteiger partial charge in [0, 0.05) is 14.2 Å². The summed E-state index contributed by atoms with van der Waals surface area (Å²) >= 11 is 0. The SMILES string of the molecule is COC.Cl.N[C@@H](Cc1ccc(O)cc1)C(=O)OCc1ccccc1. The smallest absolute Gasteiger partial charge is 0.323 e. The minimum absolute atomic E-state index is 0. The summed E-state index contributed by atoms with van der Waals surface area (Å²) in [6.45, 7) is 0.225. The summed E-state index contributed by atoms with van der Waals surface area (Å²) in [5.41, 5.74) is 7.62. The minimum atomic E-state index is -0.705. The highest BCUT2D eigenvalue weighted by Crippen LogP contribution is 2.11. The third-order valence-corrected chi connectivity index (χ3v) is 2.92. The maximum Gasteiger partial charge on any atom is 0.323 e. The fourth-order valence-electron chi connectivity index (χ4n) is 1.81. The van der Waals surface area contributed by atoms with Gasteiger partial charge in [-0.1, -0.05) is 42.5 Å². The van der Waals surface area contributed by atoms with Crippen LogP contribution < -0.4 is 5.73 Å². The van der Waals surface area contributed by atoms with E-state index in [4.69, 9.17) is 10.5 Å². The molecule has 0 amide bonds. The Morgan fingerprint density at radius 1 is 1.04 bits per heavy atom. The van der Waals surface area contributed by atoms with Gasteiger partial charge in [0.05, 0.1) is 0 Å². The van der Waals surface area contributed by atoms with Crippen LogP contribution in [-0.4, -0.2) is 31.3 Å². The normalized spacial score (nSPS) is 10.6. The number of halogens is 1. The van der Waals surface area contributed by atoms with E-state index in [0.29, 0.717) is 6.42 Å². The predicted molar refractivity (Wildman–Crippen MR) is 96.2 cm³/mol. The molecule has 0 unspecified atom stereocenters. The Labute approximate surface area is 148 Å². The largest absolute Gasteiger partial charge is 0.508 e. The van der Waals surface area contributed by atoms with E-state index in [0.717, 1.165) is 11.1 Å². The van der Waals surface area contributed by atoms with Crippen LogP contribution in [0.15, 0.2) is 54.6 Å². The summed E-state index contributed by atoms with van der Waals surface area (Å²) in [5, 5.41) is 9.19.